The zero-order valence-corrected chi connectivity index (χ0v) is 27.4. The Morgan fingerprint density at radius 1 is 0.718 bits per heavy atom. The molecule has 4 rings (SSSR count). The molecule has 12 heteroatoms. The van der Waals surface area contributed by atoms with Crippen LogP contribution in [-0.4, -0.2) is 78.9 Å². The van der Waals surface area contributed by atoms with Crippen molar-refractivity contribution in [3.05, 3.63) is 93.9 Å². The summed E-state index contributed by atoms with van der Waals surface area (Å²) in [6.45, 7) is 1.85. The van der Waals surface area contributed by atoms with Crippen LogP contribution in [-0.2, 0) is 23.4 Å². The Labute approximate surface area is 277 Å². The molecule has 1 aliphatic rings. The van der Waals surface area contributed by atoms with Gasteiger partial charge in [-0.15, -0.1) is 0 Å². The van der Waals surface area contributed by atoms with E-state index in [0.29, 0.717) is 10.0 Å². The second-order valence-corrected chi connectivity index (χ2v) is 8.57. The maximum Gasteiger partial charge on any atom is 2.00 e. The monoisotopic (exact) mass is 670 g/mol. The largest absolute Gasteiger partial charge is 2.00 e. The zero-order valence-electron chi connectivity index (χ0n) is 22.2. The molecule has 1 saturated heterocycles. The van der Waals surface area contributed by atoms with Crippen molar-refractivity contribution in [1.82, 2.24) is 0 Å². The van der Waals surface area contributed by atoms with E-state index in [1.807, 2.05) is 66.7 Å². The zero-order chi connectivity index (χ0) is 26.6. The summed E-state index contributed by atoms with van der Waals surface area (Å²) in [5, 5.41) is 2.14. The first-order valence-corrected chi connectivity index (χ1v) is 12.4. The minimum Gasteiger partial charge on any atom is -1.00 e. The number of rotatable bonds is 6. The summed E-state index contributed by atoms with van der Waals surface area (Å²) >= 11 is 17.5. The van der Waals surface area contributed by atoms with Gasteiger partial charge in [0, 0.05) is 51.7 Å². The van der Waals surface area contributed by atoms with Crippen LogP contribution in [0, 0.1) is 6.07 Å². The normalized spacial score (nSPS) is 10.7. The summed E-state index contributed by atoms with van der Waals surface area (Å²) in [6, 6.07) is 25.3. The summed E-state index contributed by atoms with van der Waals surface area (Å²) in [6.07, 6.45) is 2.56. The quantitative estimate of drug-likeness (QED) is 0.298. The van der Waals surface area contributed by atoms with Gasteiger partial charge in [-0.3, -0.25) is 0 Å². The molecule has 0 amide bonds. The third kappa shape index (κ3) is 20.3. The van der Waals surface area contributed by atoms with E-state index in [1.165, 1.54) is 34.2 Å². The minimum absolute atomic E-state index is 0. The van der Waals surface area contributed by atoms with Gasteiger partial charge in [0.05, 0.1) is 0 Å². The summed E-state index contributed by atoms with van der Waals surface area (Å²) in [5.41, 5.74) is 2.03. The summed E-state index contributed by atoms with van der Waals surface area (Å²) in [7, 11) is 5.69. The van der Waals surface area contributed by atoms with Gasteiger partial charge in [0.25, 0.3) is 0 Å². The Kier molecular flexibility index (Phi) is 30.8. The fraction of sp³-hybridized carbons (Fsp3) is 0.333. The van der Waals surface area contributed by atoms with Gasteiger partial charge in [-0.25, -0.2) is 0 Å². The molecule has 1 heterocycles. The van der Waals surface area contributed by atoms with Gasteiger partial charge < -0.3 is 40.3 Å². The average molecular weight is 673 g/mol. The first-order valence-electron chi connectivity index (χ1n) is 11.3. The first-order chi connectivity index (χ1) is 17.4. The Morgan fingerprint density at radius 2 is 1.18 bits per heavy atom. The number of hydrogen-bond donors (Lipinski definition) is 0. The van der Waals surface area contributed by atoms with Crippen LogP contribution in [0.15, 0.2) is 72.8 Å². The van der Waals surface area contributed by atoms with E-state index in [1.54, 1.807) is 13.2 Å². The average Bonchev–Trinajstić information content (AvgIpc) is 3.48. The van der Waals surface area contributed by atoms with E-state index >= 15 is 0 Å². The molecule has 5 nitrogen and oxygen atoms in total. The van der Waals surface area contributed by atoms with Crippen molar-refractivity contribution in [2.24, 2.45) is 0 Å². The van der Waals surface area contributed by atoms with Crippen LogP contribution in [0.3, 0.4) is 0 Å². The summed E-state index contributed by atoms with van der Waals surface area (Å²) in [5.74, 6) is 0. The maximum absolute atomic E-state index is 5.98. The van der Waals surface area contributed by atoms with Gasteiger partial charge in [-0.05, 0) is 48.0 Å². The van der Waals surface area contributed by atoms with Crippen LogP contribution in [0.2, 0.25) is 15.1 Å². The third-order valence-electron chi connectivity index (χ3n) is 4.61. The molecular weight excluding hydrogens is 636 g/mol. The summed E-state index contributed by atoms with van der Waals surface area (Å²) < 4.78 is 24.3. The molecule has 0 spiro atoms. The van der Waals surface area contributed by atoms with Gasteiger partial charge in [-0.2, -0.15) is 41.9 Å². The predicted octanol–water partition coefficient (Wildman–Crippen LogP) is 2.85. The topological polar surface area (TPSA) is 46.2 Å². The van der Waals surface area contributed by atoms with Crippen molar-refractivity contribution in [3.8, 4) is 0 Å². The molecule has 3 aromatic rings. The Balaban J connectivity index is -0.000000494. The van der Waals surface area contributed by atoms with Crippen molar-refractivity contribution in [2.75, 3.05) is 41.7 Å². The molecule has 0 radical (unpaired) electrons. The molecule has 0 saturated carbocycles. The smallest absolute Gasteiger partial charge is 1.00 e. The SMILES string of the molecule is C.C1CCOC1.COB(OC)OC.COB(c1cccc(Cl)c1)c1cccc(Cl)c1.Clc1c[c-]ccc1.[Br-].[Mg+2]. The van der Waals surface area contributed by atoms with Gasteiger partial charge in [0.1, 0.15) is 0 Å². The number of halogens is 4. The van der Waals surface area contributed by atoms with Gasteiger partial charge in [-0.1, -0.05) is 59.9 Å². The molecule has 210 valence electrons. The molecule has 39 heavy (non-hydrogen) atoms. The second-order valence-electron chi connectivity index (χ2n) is 7.26. The molecule has 1 fully saturated rings. The third-order valence-corrected chi connectivity index (χ3v) is 5.32. The van der Waals surface area contributed by atoms with Gasteiger partial charge >= 0.3 is 37.3 Å². The molecular formula is C27H36B2BrCl3MgO5. The minimum atomic E-state index is -0.514. The van der Waals surface area contributed by atoms with Gasteiger partial charge in [0.2, 0.25) is 0 Å². The number of benzene rings is 3. The molecule has 0 N–H and O–H groups in total. The van der Waals surface area contributed by atoms with Crippen molar-refractivity contribution in [1.29, 1.82) is 0 Å². The molecule has 0 atom stereocenters. The molecule has 1 aliphatic heterocycles. The fourth-order valence-electron chi connectivity index (χ4n) is 2.97. The predicted molar refractivity (Wildman–Crippen MR) is 165 cm³/mol. The Bertz CT molecular complexity index is 901. The summed E-state index contributed by atoms with van der Waals surface area (Å²) in [4.78, 5) is 0. The van der Waals surface area contributed by atoms with E-state index < -0.39 is 7.32 Å². The van der Waals surface area contributed by atoms with Crippen molar-refractivity contribution in [3.63, 3.8) is 0 Å². The fourth-order valence-corrected chi connectivity index (χ4v) is 3.51. The van der Waals surface area contributed by atoms with E-state index in [9.17, 15) is 0 Å². The number of ether oxygens (including phenoxy) is 1. The number of hydrogen-bond acceptors (Lipinski definition) is 5. The first kappa shape index (κ1) is 43.2. The van der Waals surface area contributed by atoms with Crippen LogP contribution in [0.1, 0.15) is 20.3 Å². The van der Waals surface area contributed by atoms with E-state index in [-0.39, 0.29) is 54.4 Å². The van der Waals surface area contributed by atoms with Crippen molar-refractivity contribution in [2.45, 2.75) is 20.3 Å². The van der Waals surface area contributed by atoms with Crippen LogP contribution < -0.4 is 27.9 Å². The van der Waals surface area contributed by atoms with Gasteiger partial charge in [0.15, 0.2) is 0 Å². The van der Waals surface area contributed by atoms with Crippen LogP contribution in [0.4, 0.5) is 0 Å². The van der Waals surface area contributed by atoms with E-state index in [2.05, 4.69) is 20.0 Å². The van der Waals surface area contributed by atoms with Crippen LogP contribution in [0.25, 0.3) is 0 Å². The molecule has 0 aliphatic carbocycles. The molecule has 0 bridgehead atoms. The van der Waals surface area contributed by atoms with E-state index in [4.69, 9.17) is 44.2 Å². The second kappa shape index (κ2) is 27.9. The van der Waals surface area contributed by atoms with Crippen LogP contribution in [0.5, 0.6) is 0 Å². The molecule has 3 aromatic carbocycles. The maximum atomic E-state index is 5.98. The van der Waals surface area contributed by atoms with Crippen LogP contribution >= 0.6 is 34.8 Å². The Morgan fingerprint density at radius 3 is 1.41 bits per heavy atom. The Hall–Kier alpha value is -0.294. The van der Waals surface area contributed by atoms with E-state index in [0.717, 1.165) is 29.2 Å². The molecule has 0 unspecified atom stereocenters. The van der Waals surface area contributed by atoms with Crippen molar-refractivity contribution >= 4 is 83.0 Å². The van der Waals surface area contributed by atoms with Crippen molar-refractivity contribution < 1.29 is 40.3 Å². The molecule has 0 aromatic heterocycles. The standard InChI is InChI=1S/C13H11BCl2O.C6H4Cl.C4H8O.C3H9BO3.CH4.BrH.Mg/c1-17-14(10-4-2-6-12(15)8-10)11-5-3-7-13(16)9-11;7-6-4-2-1-3-5-6;1-2-4-5-3-1;1-5-4(6-2)7-3;;;/h2-9H,1H3;1-2,4-5H;1-4H2;1-3H3;1H4;1H;/q;-1;;;;;+2/p-1.